The van der Waals surface area contributed by atoms with Crippen LogP contribution in [0.15, 0.2) is 82.2 Å². The Morgan fingerprint density at radius 3 is 2.47 bits per heavy atom. The molecule has 0 aliphatic carbocycles. The minimum absolute atomic E-state index is 0.194. The van der Waals surface area contributed by atoms with Crippen LogP contribution in [0.3, 0.4) is 0 Å². The Balaban J connectivity index is 1.44. The van der Waals surface area contributed by atoms with Gasteiger partial charge in [0.1, 0.15) is 24.7 Å². The molecule has 0 atom stereocenters. The summed E-state index contributed by atoms with van der Waals surface area (Å²) in [6, 6.07) is 20.0. The first-order chi connectivity index (χ1) is 16.4. The fraction of sp³-hybridized carbons (Fsp3) is 0.0800. The van der Waals surface area contributed by atoms with Crippen molar-refractivity contribution in [3.05, 3.63) is 99.1 Å². The van der Waals surface area contributed by atoms with Crippen molar-refractivity contribution in [1.29, 1.82) is 0 Å². The van der Waals surface area contributed by atoms with Gasteiger partial charge in [-0.2, -0.15) is 0 Å². The molecule has 1 aliphatic rings. The Kier molecular flexibility index (Phi) is 7.44. The number of thioether (sulfide) groups is 1. The average Bonchev–Trinajstić information content (AvgIpc) is 3.08. The van der Waals surface area contributed by atoms with Crippen LogP contribution in [0.5, 0.6) is 5.75 Å². The van der Waals surface area contributed by atoms with E-state index >= 15 is 0 Å². The van der Waals surface area contributed by atoms with Gasteiger partial charge in [-0.1, -0.05) is 46.3 Å². The molecule has 0 saturated carbocycles. The van der Waals surface area contributed by atoms with Gasteiger partial charge in [-0.3, -0.25) is 19.3 Å². The number of benzene rings is 3. The summed E-state index contributed by atoms with van der Waals surface area (Å²) in [7, 11) is 0. The zero-order chi connectivity index (χ0) is 24.1. The van der Waals surface area contributed by atoms with Crippen LogP contribution in [0.2, 0.25) is 0 Å². The summed E-state index contributed by atoms with van der Waals surface area (Å²) < 4.78 is 19.8. The zero-order valence-electron chi connectivity index (χ0n) is 17.7. The van der Waals surface area contributed by atoms with Gasteiger partial charge in [-0.15, -0.1) is 0 Å². The maximum Gasteiger partial charge on any atom is 0.294 e. The van der Waals surface area contributed by atoms with Crippen LogP contribution in [0.25, 0.3) is 6.08 Å². The SMILES string of the molecule is O=C(CN1C(=O)S/C(=C\c2ccccc2OCc2ccc(F)cc2)C1=O)Nc1ccc(Br)cc1. The van der Waals surface area contributed by atoms with Gasteiger partial charge < -0.3 is 10.1 Å². The normalized spacial score (nSPS) is 14.5. The van der Waals surface area contributed by atoms with Crippen LogP contribution in [-0.2, 0) is 16.2 Å². The van der Waals surface area contributed by atoms with Crippen LogP contribution in [0, 0.1) is 5.82 Å². The van der Waals surface area contributed by atoms with E-state index in [2.05, 4.69) is 21.2 Å². The maximum absolute atomic E-state index is 13.1. The highest BCUT2D eigenvalue weighted by Gasteiger charge is 2.36. The first kappa shape index (κ1) is 23.7. The summed E-state index contributed by atoms with van der Waals surface area (Å²) in [5, 5.41) is 2.15. The molecule has 3 aromatic rings. The third-order valence-electron chi connectivity index (χ3n) is 4.82. The maximum atomic E-state index is 13.1. The molecule has 0 aromatic heterocycles. The summed E-state index contributed by atoms with van der Waals surface area (Å²) in [6.45, 7) is -0.177. The van der Waals surface area contributed by atoms with Crippen molar-refractivity contribution in [3.63, 3.8) is 0 Å². The molecule has 6 nitrogen and oxygen atoms in total. The molecule has 0 unspecified atom stereocenters. The molecular weight excluding hydrogens is 523 g/mol. The predicted molar refractivity (Wildman–Crippen MR) is 133 cm³/mol. The number of nitrogens with one attached hydrogen (secondary N) is 1. The van der Waals surface area contributed by atoms with Gasteiger partial charge in [0, 0.05) is 15.7 Å². The monoisotopic (exact) mass is 540 g/mol. The molecule has 34 heavy (non-hydrogen) atoms. The van der Waals surface area contributed by atoms with Gasteiger partial charge in [0.15, 0.2) is 0 Å². The number of carbonyl (C=O) groups is 3. The molecule has 4 rings (SSSR count). The van der Waals surface area contributed by atoms with Crippen molar-refractivity contribution >= 4 is 56.5 Å². The number of rotatable bonds is 7. The standard InChI is InChI=1S/C25H18BrFN2O4S/c26-18-7-11-20(12-8-18)28-23(30)14-29-24(31)22(34-25(29)32)13-17-3-1-2-4-21(17)33-15-16-5-9-19(27)10-6-16/h1-13H,14-15H2,(H,28,30)/b22-13-. The summed E-state index contributed by atoms with van der Waals surface area (Å²) in [5.41, 5.74) is 1.95. The van der Waals surface area contributed by atoms with E-state index in [1.54, 1.807) is 66.7 Å². The number of ether oxygens (including phenoxy) is 1. The molecule has 0 radical (unpaired) electrons. The molecule has 0 spiro atoms. The van der Waals surface area contributed by atoms with Gasteiger partial charge in [0.25, 0.3) is 11.1 Å². The first-order valence-corrected chi connectivity index (χ1v) is 11.8. The smallest absolute Gasteiger partial charge is 0.294 e. The van der Waals surface area contributed by atoms with Crippen molar-refractivity contribution in [2.24, 2.45) is 0 Å². The molecule has 1 aliphatic heterocycles. The Bertz CT molecular complexity index is 1260. The minimum Gasteiger partial charge on any atom is -0.488 e. The van der Waals surface area contributed by atoms with Crippen LogP contribution in [0.1, 0.15) is 11.1 Å². The number of halogens is 2. The van der Waals surface area contributed by atoms with E-state index in [0.717, 1.165) is 26.7 Å². The van der Waals surface area contributed by atoms with Gasteiger partial charge in [-0.05, 0) is 65.9 Å². The number of hydrogen-bond donors (Lipinski definition) is 1. The predicted octanol–water partition coefficient (Wildman–Crippen LogP) is 5.84. The molecule has 1 saturated heterocycles. The van der Waals surface area contributed by atoms with Crippen molar-refractivity contribution < 1.29 is 23.5 Å². The summed E-state index contributed by atoms with van der Waals surface area (Å²) in [5.74, 6) is -0.847. The van der Waals surface area contributed by atoms with Gasteiger partial charge in [0.2, 0.25) is 5.91 Å². The molecule has 3 amide bonds. The second-order valence-corrected chi connectivity index (χ2v) is 9.18. The average molecular weight is 541 g/mol. The number of nitrogens with zero attached hydrogens (tertiary/aromatic N) is 1. The quantitative estimate of drug-likeness (QED) is 0.381. The molecule has 3 aromatic carbocycles. The fourth-order valence-corrected chi connectivity index (χ4v) is 4.22. The number of anilines is 1. The van der Waals surface area contributed by atoms with Crippen LogP contribution < -0.4 is 10.1 Å². The van der Waals surface area contributed by atoms with E-state index in [1.165, 1.54) is 12.1 Å². The fourth-order valence-electron chi connectivity index (χ4n) is 3.13. The van der Waals surface area contributed by atoms with E-state index in [9.17, 15) is 18.8 Å². The topological polar surface area (TPSA) is 75.7 Å². The first-order valence-electron chi connectivity index (χ1n) is 10.2. The van der Waals surface area contributed by atoms with Gasteiger partial charge in [-0.25, -0.2) is 4.39 Å². The lowest BCUT2D eigenvalue weighted by Gasteiger charge is -2.12. The number of hydrogen-bond acceptors (Lipinski definition) is 5. The Hall–Kier alpha value is -3.43. The largest absolute Gasteiger partial charge is 0.488 e. The van der Waals surface area contributed by atoms with Crippen molar-refractivity contribution in [2.45, 2.75) is 6.61 Å². The van der Waals surface area contributed by atoms with Crippen LogP contribution >= 0.6 is 27.7 Å². The van der Waals surface area contributed by atoms with E-state index < -0.39 is 17.1 Å². The Labute approximate surface area is 207 Å². The third kappa shape index (κ3) is 5.92. The summed E-state index contributed by atoms with van der Waals surface area (Å²) in [6.07, 6.45) is 1.57. The number of carbonyl (C=O) groups excluding carboxylic acids is 3. The molecular formula is C25H18BrFN2O4S. The number of imide groups is 1. The lowest BCUT2D eigenvalue weighted by atomic mass is 10.1. The highest BCUT2D eigenvalue weighted by Crippen LogP contribution is 2.34. The minimum atomic E-state index is -0.547. The lowest BCUT2D eigenvalue weighted by Crippen LogP contribution is -2.36. The van der Waals surface area contributed by atoms with E-state index in [0.29, 0.717) is 17.0 Å². The van der Waals surface area contributed by atoms with E-state index in [4.69, 9.17) is 4.74 Å². The molecule has 0 bridgehead atoms. The highest BCUT2D eigenvalue weighted by atomic mass is 79.9. The van der Waals surface area contributed by atoms with Crippen LogP contribution in [-0.4, -0.2) is 28.5 Å². The van der Waals surface area contributed by atoms with E-state index in [1.807, 2.05) is 0 Å². The van der Waals surface area contributed by atoms with E-state index in [-0.39, 0.29) is 23.9 Å². The zero-order valence-corrected chi connectivity index (χ0v) is 20.1. The van der Waals surface area contributed by atoms with Crippen molar-refractivity contribution in [3.8, 4) is 5.75 Å². The number of amides is 3. The Morgan fingerprint density at radius 2 is 1.74 bits per heavy atom. The second kappa shape index (κ2) is 10.7. The summed E-state index contributed by atoms with van der Waals surface area (Å²) >= 11 is 4.09. The van der Waals surface area contributed by atoms with Gasteiger partial charge in [0.05, 0.1) is 4.91 Å². The molecule has 1 heterocycles. The highest BCUT2D eigenvalue weighted by molar-refractivity contribution is 9.10. The number of para-hydroxylation sites is 1. The molecule has 9 heteroatoms. The molecule has 172 valence electrons. The second-order valence-electron chi connectivity index (χ2n) is 7.28. The third-order valence-corrected chi connectivity index (χ3v) is 6.25. The molecule has 1 N–H and O–H groups in total. The lowest BCUT2D eigenvalue weighted by molar-refractivity contribution is -0.127. The van der Waals surface area contributed by atoms with Crippen molar-refractivity contribution in [1.82, 2.24) is 4.90 Å². The van der Waals surface area contributed by atoms with Crippen molar-refractivity contribution in [2.75, 3.05) is 11.9 Å². The van der Waals surface area contributed by atoms with Crippen LogP contribution in [0.4, 0.5) is 14.9 Å². The van der Waals surface area contributed by atoms with Gasteiger partial charge >= 0.3 is 0 Å². The summed E-state index contributed by atoms with van der Waals surface area (Å²) in [4.78, 5) is 38.7. The molecule has 1 fully saturated rings. The Morgan fingerprint density at radius 1 is 1.03 bits per heavy atom.